The van der Waals surface area contributed by atoms with E-state index in [-0.39, 0.29) is 17.7 Å². The summed E-state index contributed by atoms with van der Waals surface area (Å²) < 4.78 is 1.71. The van der Waals surface area contributed by atoms with Crippen LogP contribution < -0.4 is 11.1 Å². The Bertz CT molecular complexity index is 1100. The van der Waals surface area contributed by atoms with Crippen molar-refractivity contribution in [2.75, 3.05) is 6.54 Å². The number of hydrogen-bond donors (Lipinski definition) is 2. The molecular formula is C24H30N6O2. The number of nitrogens with two attached hydrogens (primary N) is 1. The highest BCUT2D eigenvalue weighted by Crippen LogP contribution is 2.24. The molecule has 1 aromatic heterocycles. The Labute approximate surface area is 187 Å². The molecule has 8 heteroatoms. The van der Waals surface area contributed by atoms with Crippen LogP contribution in [0.15, 0.2) is 48.5 Å². The molecule has 8 nitrogen and oxygen atoms in total. The molecule has 168 valence electrons. The fourth-order valence-corrected chi connectivity index (χ4v) is 4.34. The zero-order valence-electron chi connectivity index (χ0n) is 18.6. The molecule has 3 aromatic rings. The fraction of sp³-hybridized carbons (Fsp3) is 0.417. The van der Waals surface area contributed by atoms with Crippen molar-refractivity contribution < 1.29 is 9.59 Å². The molecule has 0 saturated carbocycles. The maximum Gasteiger partial charge on any atom is 0.243 e. The summed E-state index contributed by atoms with van der Waals surface area (Å²) in [6, 6.07) is 14.7. The normalized spacial score (nSPS) is 19.3. The Kier molecular flexibility index (Phi) is 6.50. The minimum absolute atomic E-state index is 0.141. The molecule has 0 unspecified atom stereocenters. The predicted molar refractivity (Wildman–Crippen MR) is 122 cm³/mol. The summed E-state index contributed by atoms with van der Waals surface area (Å²) in [4.78, 5) is 27.7. The summed E-state index contributed by atoms with van der Waals surface area (Å²) in [5.41, 5.74) is 10.1. The van der Waals surface area contributed by atoms with Gasteiger partial charge in [-0.3, -0.25) is 9.59 Å². The predicted octanol–water partition coefficient (Wildman–Crippen LogP) is 1.78. The number of carbonyl (C=O) groups excluding carboxylic acids is 2. The van der Waals surface area contributed by atoms with E-state index in [0.717, 1.165) is 28.6 Å². The molecule has 2 amide bonds. The van der Waals surface area contributed by atoms with Gasteiger partial charge in [0.2, 0.25) is 11.8 Å². The summed E-state index contributed by atoms with van der Waals surface area (Å²) in [5.74, 6) is -0.0319. The van der Waals surface area contributed by atoms with Gasteiger partial charge in [0.1, 0.15) is 11.6 Å². The first kappa shape index (κ1) is 22.0. The average Bonchev–Trinajstić information content (AvgIpc) is 3.38. The minimum atomic E-state index is -0.616. The van der Waals surface area contributed by atoms with Gasteiger partial charge in [-0.2, -0.15) is 0 Å². The van der Waals surface area contributed by atoms with Crippen LogP contribution in [0.2, 0.25) is 0 Å². The lowest BCUT2D eigenvalue weighted by atomic mass is 10.0. The first-order chi connectivity index (χ1) is 15.4. The lowest BCUT2D eigenvalue weighted by Gasteiger charge is -2.27. The van der Waals surface area contributed by atoms with Gasteiger partial charge < -0.3 is 16.0 Å². The number of benzene rings is 2. The van der Waals surface area contributed by atoms with Crippen LogP contribution in [0.3, 0.4) is 0 Å². The van der Waals surface area contributed by atoms with Crippen molar-refractivity contribution in [3.8, 4) is 0 Å². The van der Waals surface area contributed by atoms with E-state index in [4.69, 9.17) is 5.73 Å². The second-order valence-corrected chi connectivity index (χ2v) is 8.73. The number of fused-ring (bicyclic) bond motifs is 1. The van der Waals surface area contributed by atoms with Gasteiger partial charge in [0.25, 0.3) is 0 Å². The number of nitrogens with one attached hydrogen (secondary N) is 1. The Balaban J connectivity index is 1.36. The standard InChI is InChI=1S/C24H30N6O2/c1-16-12-22(23(31)26-14-18-9-11-21-20(13-18)27-28-29(21)2)30(15-16)24(32)19(25)10-8-17-6-4-3-5-7-17/h3-7,9,11,13,16,19,22H,8,10,12,14-15,25H2,1-2H3,(H,26,31)/t16-,19-,22+/m1/s1. The van der Waals surface area contributed by atoms with Crippen molar-refractivity contribution in [3.05, 3.63) is 59.7 Å². The molecule has 1 aliphatic heterocycles. The van der Waals surface area contributed by atoms with Crippen molar-refractivity contribution in [1.29, 1.82) is 0 Å². The maximum absolute atomic E-state index is 13.1. The van der Waals surface area contributed by atoms with Crippen LogP contribution in [0.25, 0.3) is 11.0 Å². The van der Waals surface area contributed by atoms with Gasteiger partial charge in [-0.1, -0.05) is 48.5 Å². The molecular weight excluding hydrogens is 404 g/mol. The van der Waals surface area contributed by atoms with Crippen molar-refractivity contribution in [2.45, 2.75) is 44.8 Å². The van der Waals surface area contributed by atoms with Gasteiger partial charge in [0.15, 0.2) is 0 Å². The topological polar surface area (TPSA) is 106 Å². The lowest BCUT2D eigenvalue weighted by Crippen LogP contribution is -2.51. The van der Waals surface area contributed by atoms with E-state index in [1.807, 2.05) is 55.6 Å². The smallest absolute Gasteiger partial charge is 0.243 e. The molecule has 1 fully saturated rings. The van der Waals surface area contributed by atoms with E-state index in [0.29, 0.717) is 25.9 Å². The fourth-order valence-electron chi connectivity index (χ4n) is 4.34. The number of carbonyl (C=O) groups is 2. The average molecular weight is 435 g/mol. The van der Waals surface area contributed by atoms with E-state index in [2.05, 4.69) is 22.6 Å². The molecule has 0 bridgehead atoms. The van der Waals surface area contributed by atoms with Gasteiger partial charge >= 0.3 is 0 Å². The van der Waals surface area contributed by atoms with Gasteiger partial charge in [0, 0.05) is 20.1 Å². The third-order valence-electron chi connectivity index (χ3n) is 6.14. The van der Waals surface area contributed by atoms with Crippen LogP contribution in [0.5, 0.6) is 0 Å². The zero-order chi connectivity index (χ0) is 22.7. The van der Waals surface area contributed by atoms with E-state index in [1.54, 1.807) is 9.58 Å². The maximum atomic E-state index is 13.1. The number of aryl methyl sites for hydroxylation is 2. The third-order valence-corrected chi connectivity index (χ3v) is 6.14. The number of rotatable bonds is 7. The number of amides is 2. The molecule has 2 heterocycles. The summed E-state index contributed by atoms with van der Waals surface area (Å²) >= 11 is 0. The van der Waals surface area contributed by atoms with E-state index in [1.165, 1.54) is 0 Å². The Morgan fingerprint density at radius 2 is 1.97 bits per heavy atom. The van der Waals surface area contributed by atoms with E-state index >= 15 is 0 Å². The molecule has 1 saturated heterocycles. The largest absolute Gasteiger partial charge is 0.350 e. The van der Waals surface area contributed by atoms with Gasteiger partial charge in [-0.15, -0.1) is 5.10 Å². The third kappa shape index (κ3) is 4.80. The highest BCUT2D eigenvalue weighted by atomic mass is 16.2. The molecule has 0 spiro atoms. The van der Waals surface area contributed by atoms with Crippen LogP contribution in [0.1, 0.15) is 30.9 Å². The minimum Gasteiger partial charge on any atom is -0.350 e. The molecule has 0 aliphatic carbocycles. The van der Waals surface area contributed by atoms with Crippen LogP contribution in [-0.2, 0) is 29.6 Å². The second-order valence-electron chi connectivity index (χ2n) is 8.73. The van der Waals surface area contributed by atoms with Gasteiger partial charge in [-0.05, 0) is 48.4 Å². The summed E-state index contributed by atoms with van der Waals surface area (Å²) in [5, 5.41) is 11.1. The van der Waals surface area contributed by atoms with Gasteiger partial charge in [-0.25, -0.2) is 4.68 Å². The number of hydrogen-bond acceptors (Lipinski definition) is 5. The Hall–Kier alpha value is -3.26. The number of aromatic nitrogens is 3. The number of nitrogens with zero attached hydrogens (tertiary/aromatic N) is 4. The molecule has 3 N–H and O–H groups in total. The highest BCUT2D eigenvalue weighted by molar-refractivity contribution is 5.90. The van der Waals surface area contributed by atoms with Crippen molar-refractivity contribution in [2.24, 2.45) is 18.7 Å². The molecule has 4 rings (SSSR count). The quantitative estimate of drug-likeness (QED) is 0.590. The second kappa shape index (κ2) is 9.48. The van der Waals surface area contributed by atoms with Crippen molar-refractivity contribution in [3.63, 3.8) is 0 Å². The summed E-state index contributed by atoms with van der Waals surface area (Å²) in [7, 11) is 1.84. The first-order valence-electron chi connectivity index (χ1n) is 11.1. The first-order valence-corrected chi connectivity index (χ1v) is 11.1. The van der Waals surface area contributed by atoms with Gasteiger partial charge in [0.05, 0.1) is 11.6 Å². The molecule has 0 radical (unpaired) electrons. The van der Waals surface area contributed by atoms with Crippen molar-refractivity contribution >= 4 is 22.8 Å². The summed E-state index contributed by atoms with van der Waals surface area (Å²) in [6.45, 7) is 2.99. The summed E-state index contributed by atoms with van der Waals surface area (Å²) in [6.07, 6.45) is 1.94. The Morgan fingerprint density at radius 3 is 2.75 bits per heavy atom. The van der Waals surface area contributed by atoms with E-state index in [9.17, 15) is 9.59 Å². The molecule has 3 atom stereocenters. The monoisotopic (exact) mass is 434 g/mol. The van der Waals surface area contributed by atoms with Crippen LogP contribution >= 0.6 is 0 Å². The van der Waals surface area contributed by atoms with Crippen LogP contribution in [0.4, 0.5) is 0 Å². The van der Waals surface area contributed by atoms with Crippen LogP contribution in [0, 0.1) is 5.92 Å². The Morgan fingerprint density at radius 1 is 1.19 bits per heavy atom. The van der Waals surface area contributed by atoms with Crippen LogP contribution in [-0.4, -0.2) is 50.3 Å². The van der Waals surface area contributed by atoms with E-state index < -0.39 is 12.1 Å². The SMILES string of the molecule is C[C@@H]1C[C@@H](C(=O)NCc2ccc3c(c2)nnn3C)N(C(=O)[C@H](N)CCc2ccccc2)C1. The number of likely N-dealkylation sites (tertiary alicyclic amines) is 1. The molecule has 1 aliphatic rings. The van der Waals surface area contributed by atoms with Crippen molar-refractivity contribution in [1.82, 2.24) is 25.2 Å². The zero-order valence-corrected chi connectivity index (χ0v) is 18.6. The highest BCUT2D eigenvalue weighted by Gasteiger charge is 2.39. The lowest BCUT2D eigenvalue weighted by molar-refractivity contribution is -0.139. The molecule has 32 heavy (non-hydrogen) atoms. The molecule has 2 aromatic carbocycles.